The molecule has 2 aromatic carbocycles. The van der Waals surface area contributed by atoms with Gasteiger partial charge in [-0.1, -0.05) is 24.3 Å². The molecule has 3 rings (SSSR count). The van der Waals surface area contributed by atoms with Crippen LogP contribution in [0.25, 0.3) is 0 Å². The van der Waals surface area contributed by atoms with Crippen molar-refractivity contribution in [3.8, 4) is 17.6 Å². The summed E-state index contributed by atoms with van der Waals surface area (Å²) in [5, 5.41) is 9.07. The van der Waals surface area contributed by atoms with Crippen molar-refractivity contribution < 1.29 is 14.3 Å². The molecule has 6 nitrogen and oxygen atoms in total. The van der Waals surface area contributed by atoms with E-state index in [-0.39, 0.29) is 12.5 Å². The average molecular weight is 365 g/mol. The Bertz CT molecular complexity index is 806. The molecule has 1 heterocycles. The third-order valence-corrected chi connectivity index (χ3v) is 4.65. The number of amides is 1. The Kier molecular flexibility index (Phi) is 6.29. The average Bonchev–Trinajstić information content (AvgIpc) is 2.73. The Balaban J connectivity index is 1.45. The summed E-state index contributed by atoms with van der Waals surface area (Å²) in [7, 11) is 1.66. The summed E-state index contributed by atoms with van der Waals surface area (Å²) < 4.78 is 10.7. The second-order valence-corrected chi connectivity index (χ2v) is 6.40. The summed E-state index contributed by atoms with van der Waals surface area (Å²) in [6, 6.07) is 17.1. The highest BCUT2D eigenvalue weighted by atomic mass is 16.5. The lowest BCUT2D eigenvalue weighted by Gasteiger charge is -2.34. The Hall–Kier alpha value is -3.04. The van der Waals surface area contributed by atoms with Gasteiger partial charge in [0.05, 0.1) is 12.7 Å². The van der Waals surface area contributed by atoms with E-state index in [4.69, 9.17) is 14.7 Å². The van der Waals surface area contributed by atoms with Crippen LogP contribution >= 0.6 is 0 Å². The molecule has 27 heavy (non-hydrogen) atoms. The van der Waals surface area contributed by atoms with Crippen molar-refractivity contribution in [1.29, 1.82) is 5.26 Å². The van der Waals surface area contributed by atoms with Crippen LogP contribution in [0.3, 0.4) is 0 Å². The lowest BCUT2D eigenvalue weighted by Crippen LogP contribution is -2.49. The number of para-hydroxylation sites is 1. The summed E-state index contributed by atoms with van der Waals surface area (Å²) in [5.74, 6) is 1.26. The van der Waals surface area contributed by atoms with Crippen LogP contribution in [0.15, 0.2) is 48.5 Å². The zero-order chi connectivity index (χ0) is 19.1. The Morgan fingerprint density at radius 3 is 2.44 bits per heavy atom. The van der Waals surface area contributed by atoms with Crippen molar-refractivity contribution in [2.45, 2.75) is 6.54 Å². The van der Waals surface area contributed by atoms with Crippen LogP contribution in [0.4, 0.5) is 0 Å². The number of rotatable bonds is 6. The number of benzene rings is 2. The highest BCUT2D eigenvalue weighted by Crippen LogP contribution is 2.17. The second kappa shape index (κ2) is 9.06. The molecule has 1 aliphatic heterocycles. The predicted octanol–water partition coefficient (Wildman–Crippen LogP) is 2.29. The molecule has 1 fully saturated rings. The van der Waals surface area contributed by atoms with E-state index in [2.05, 4.69) is 23.1 Å². The molecule has 0 aromatic heterocycles. The van der Waals surface area contributed by atoms with Gasteiger partial charge in [-0.3, -0.25) is 9.69 Å². The number of piperazine rings is 1. The molecule has 140 valence electrons. The van der Waals surface area contributed by atoms with Crippen molar-refractivity contribution in [2.75, 3.05) is 39.9 Å². The zero-order valence-corrected chi connectivity index (χ0v) is 15.4. The Labute approximate surface area is 159 Å². The molecule has 0 unspecified atom stereocenters. The summed E-state index contributed by atoms with van der Waals surface area (Å²) in [6.07, 6.45) is 0. The normalized spacial score (nSPS) is 14.4. The fourth-order valence-electron chi connectivity index (χ4n) is 3.06. The highest BCUT2D eigenvalue weighted by Gasteiger charge is 2.21. The number of carbonyl (C=O) groups excluding carboxylic acids is 1. The van der Waals surface area contributed by atoms with E-state index in [1.165, 1.54) is 5.56 Å². The molecule has 1 saturated heterocycles. The standard InChI is InChI=1S/C21H23N3O3/c1-26-19-8-6-17(7-9-19)15-23-10-12-24(13-11-23)21(25)16-27-20-5-3-2-4-18(20)14-22/h2-9H,10-13,15-16H2,1H3. The van der Waals surface area contributed by atoms with Crippen LogP contribution < -0.4 is 9.47 Å². The molecule has 2 aromatic rings. The van der Waals surface area contributed by atoms with Crippen LogP contribution in [-0.2, 0) is 11.3 Å². The van der Waals surface area contributed by atoms with E-state index in [0.717, 1.165) is 25.4 Å². The predicted molar refractivity (Wildman–Crippen MR) is 102 cm³/mol. The number of hydrogen-bond donors (Lipinski definition) is 0. The quantitative estimate of drug-likeness (QED) is 0.786. The molecule has 1 aliphatic rings. The van der Waals surface area contributed by atoms with Crippen molar-refractivity contribution in [3.05, 3.63) is 59.7 Å². The number of nitriles is 1. The number of hydrogen-bond acceptors (Lipinski definition) is 5. The molecule has 1 amide bonds. The number of carbonyl (C=O) groups is 1. The number of methoxy groups -OCH3 is 1. The summed E-state index contributed by atoms with van der Waals surface area (Å²) >= 11 is 0. The third kappa shape index (κ3) is 4.99. The molecular weight excluding hydrogens is 342 g/mol. The van der Waals surface area contributed by atoms with Gasteiger partial charge in [-0.05, 0) is 29.8 Å². The lowest BCUT2D eigenvalue weighted by molar-refractivity contribution is -0.135. The molecule has 0 N–H and O–H groups in total. The Morgan fingerprint density at radius 1 is 1.07 bits per heavy atom. The van der Waals surface area contributed by atoms with Gasteiger partial charge in [-0.15, -0.1) is 0 Å². The Morgan fingerprint density at radius 2 is 1.78 bits per heavy atom. The molecule has 0 spiro atoms. The van der Waals surface area contributed by atoms with Crippen molar-refractivity contribution >= 4 is 5.91 Å². The van der Waals surface area contributed by atoms with Gasteiger partial charge in [-0.2, -0.15) is 5.26 Å². The van der Waals surface area contributed by atoms with E-state index >= 15 is 0 Å². The van der Waals surface area contributed by atoms with Crippen molar-refractivity contribution in [1.82, 2.24) is 9.80 Å². The van der Waals surface area contributed by atoms with Gasteiger partial charge in [0, 0.05) is 32.7 Å². The van der Waals surface area contributed by atoms with Gasteiger partial charge in [-0.25, -0.2) is 0 Å². The number of nitrogens with zero attached hydrogens (tertiary/aromatic N) is 3. The fraction of sp³-hybridized carbons (Fsp3) is 0.333. The van der Waals surface area contributed by atoms with Gasteiger partial charge >= 0.3 is 0 Å². The molecule has 6 heteroatoms. The molecule has 0 bridgehead atoms. The lowest BCUT2D eigenvalue weighted by atomic mass is 10.2. The molecular formula is C21H23N3O3. The first-order chi connectivity index (χ1) is 13.2. The van der Waals surface area contributed by atoms with Gasteiger partial charge < -0.3 is 14.4 Å². The minimum atomic E-state index is -0.0492. The van der Waals surface area contributed by atoms with Gasteiger partial charge in [0.2, 0.25) is 0 Å². The molecule has 0 saturated carbocycles. The van der Waals surface area contributed by atoms with Crippen molar-refractivity contribution in [2.24, 2.45) is 0 Å². The summed E-state index contributed by atoms with van der Waals surface area (Å²) in [6.45, 7) is 3.82. The van der Waals surface area contributed by atoms with Gasteiger partial charge in [0.15, 0.2) is 6.61 Å². The van der Waals surface area contributed by atoms with Gasteiger partial charge in [0.25, 0.3) is 5.91 Å². The maximum absolute atomic E-state index is 12.4. The molecule has 0 atom stereocenters. The van der Waals surface area contributed by atoms with E-state index < -0.39 is 0 Å². The monoisotopic (exact) mass is 365 g/mol. The van der Waals surface area contributed by atoms with E-state index in [0.29, 0.717) is 24.4 Å². The highest BCUT2D eigenvalue weighted by molar-refractivity contribution is 5.78. The second-order valence-electron chi connectivity index (χ2n) is 6.40. The van der Waals surface area contributed by atoms with Crippen molar-refractivity contribution in [3.63, 3.8) is 0 Å². The zero-order valence-electron chi connectivity index (χ0n) is 15.4. The molecule has 0 aliphatic carbocycles. The largest absolute Gasteiger partial charge is 0.497 e. The SMILES string of the molecule is COc1ccc(CN2CCN(C(=O)COc3ccccc3C#N)CC2)cc1. The first-order valence-corrected chi connectivity index (χ1v) is 8.94. The van der Waals surface area contributed by atoms with E-state index in [1.54, 1.807) is 31.4 Å². The number of ether oxygens (including phenoxy) is 2. The maximum atomic E-state index is 12.4. The molecule has 0 radical (unpaired) electrons. The van der Waals surface area contributed by atoms with E-state index in [9.17, 15) is 4.79 Å². The van der Waals surface area contributed by atoms with Crippen LogP contribution in [-0.4, -0.2) is 55.6 Å². The van der Waals surface area contributed by atoms with Gasteiger partial charge in [0.1, 0.15) is 17.6 Å². The van der Waals surface area contributed by atoms with E-state index in [1.807, 2.05) is 17.0 Å². The minimum absolute atomic E-state index is 0.0445. The third-order valence-electron chi connectivity index (χ3n) is 4.65. The minimum Gasteiger partial charge on any atom is -0.497 e. The fourth-order valence-corrected chi connectivity index (χ4v) is 3.06. The topological polar surface area (TPSA) is 65.8 Å². The van der Waals surface area contributed by atoms with Crippen LogP contribution in [0.1, 0.15) is 11.1 Å². The summed E-state index contributed by atoms with van der Waals surface area (Å²) in [5.41, 5.74) is 1.67. The summed E-state index contributed by atoms with van der Waals surface area (Å²) in [4.78, 5) is 16.5. The van der Waals surface area contributed by atoms with Crippen LogP contribution in [0.5, 0.6) is 11.5 Å². The van der Waals surface area contributed by atoms with Crippen LogP contribution in [0, 0.1) is 11.3 Å². The first-order valence-electron chi connectivity index (χ1n) is 8.94. The maximum Gasteiger partial charge on any atom is 0.260 e. The smallest absolute Gasteiger partial charge is 0.260 e. The first kappa shape index (κ1) is 18.7. The van der Waals surface area contributed by atoms with Crippen LogP contribution in [0.2, 0.25) is 0 Å².